The molecule has 1 atom stereocenters. The van der Waals surface area contributed by atoms with Crippen LogP contribution in [-0.2, 0) is 15.1 Å². The molecule has 6 nitrogen and oxygen atoms in total. The largest absolute Gasteiger partial charge is 0.508 e. The van der Waals surface area contributed by atoms with Crippen molar-refractivity contribution in [2.75, 3.05) is 19.0 Å². The number of benzene rings is 1. The number of hydrogen-bond donors (Lipinski definition) is 3. The van der Waals surface area contributed by atoms with Crippen molar-refractivity contribution < 1.29 is 19.4 Å². The quantitative estimate of drug-likeness (QED) is 0.742. The highest BCUT2D eigenvalue weighted by atomic mass is 16.6. The smallest absolute Gasteiger partial charge is 0.412 e. The Hall–Kier alpha value is -1.79. The maximum absolute atomic E-state index is 11.9. The van der Waals surface area contributed by atoms with E-state index in [1.54, 1.807) is 33.8 Å². The van der Waals surface area contributed by atoms with Crippen LogP contribution < -0.4 is 11.1 Å². The van der Waals surface area contributed by atoms with Gasteiger partial charge in [-0.3, -0.25) is 5.32 Å². The lowest BCUT2D eigenvalue weighted by Gasteiger charge is -2.29. The summed E-state index contributed by atoms with van der Waals surface area (Å²) >= 11 is 0. The second-order valence-electron chi connectivity index (χ2n) is 6.00. The highest BCUT2D eigenvalue weighted by Gasteiger charge is 2.29. The van der Waals surface area contributed by atoms with Gasteiger partial charge >= 0.3 is 6.09 Å². The minimum absolute atomic E-state index is 0.0662. The van der Waals surface area contributed by atoms with Gasteiger partial charge in [0.25, 0.3) is 0 Å². The Balaban J connectivity index is 3.11. The number of ether oxygens (including phenoxy) is 2. The number of nitrogens with one attached hydrogen (secondary N) is 1. The number of carbonyl (C=O) groups excluding carboxylic acids is 1. The average Bonchev–Trinajstić information content (AvgIpc) is 2.37. The summed E-state index contributed by atoms with van der Waals surface area (Å²) in [5.41, 5.74) is 5.39. The van der Waals surface area contributed by atoms with Gasteiger partial charge in [0.2, 0.25) is 0 Å². The van der Waals surface area contributed by atoms with Crippen LogP contribution in [0.25, 0.3) is 0 Å². The van der Waals surface area contributed by atoms with Crippen molar-refractivity contribution in [3.63, 3.8) is 0 Å². The fourth-order valence-corrected chi connectivity index (χ4v) is 1.80. The van der Waals surface area contributed by atoms with Gasteiger partial charge in [0, 0.05) is 19.2 Å². The number of anilines is 1. The number of methoxy groups -OCH3 is 1. The summed E-state index contributed by atoms with van der Waals surface area (Å²) in [6, 6.07) is 4.58. The molecule has 1 rings (SSSR count). The first-order valence-electron chi connectivity index (χ1n) is 6.70. The van der Waals surface area contributed by atoms with Gasteiger partial charge in [0.05, 0.1) is 5.69 Å². The van der Waals surface area contributed by atoms with E-state index in [1.807, 2.05) is 0 Å². The van der Waals surface area contributed by atoms with Crippen molar-refractivity contribution in [3.05, 3.63) is 23.8 Å². The molecule has 0 heterocycles. The predicted molar refractivity (Wildman–Crippen MR) is 81.4 cm³/mol. The number of carbonyl (C=O) groups is 1. The molecule has 1 amide bonds. The molecule has 0 radical (unpaired) electrons. The van der Waals surface area contributed by atoms with Crippen LogP contribution in [0.15, 0.2) is 18.2 Å². The molecule has 1 aromatic carbocycles. The second-order valence-corrected chi connectivity index (χ2v) is 6.00. The molecule has 4 N–H and O–H groups in total. The van der Waals surface area contributed by atoms with Crippen LogP contribution in [0.2, 0.25) is 0 Å². The Bertz CT molecular complexity index is 505. The Morgan fingerprint density at radius 1 is 1.33 bits per heavy atom. The Morgan fingerprint density at radius 3 is 2.43 bits per heavy atom. The molecular formula is C15H24N2O4. The van der Waals surface area contributed by atoms with E-state index in [9.17, 15) is 9.90 Å². The van der Waals surface area contributed by atoms with Gasteiger partial charge in [-0.25, -0.2) is 4.79 Å². The molecule has 0 aromatic heterocycles. The lowest BCUT2D eigenvalue weighted by molar-refractivity contribution is 0.0104. The van der Waals surface area contributed by atoms with Gasteiger partial charge < -0.3 is 20.3 Å². The first-order valence-corrected chi connectivity index (χ1v) is 6.70. The van der Waals surface area contributed by atoms with E-state index in [4.69, 9.17) is 15.2 Å². The third kappa shape index (κ3) is 4.61. The van der Waals surface area contributed by atoms with Crippen LogP contribution in [0.1, 0.15) is 33.3 Å². The summed E-state index contributed by atoms with van der Waals surface area (Å²) in [7, 11) is 1.52. The molecule has 0 aliphatic rings. The fraction of sp³-hybridized carbons (Fsp3) is 0.533. The van der Waals surface area contributed by atoms with Crippen LogP contribution in [-0.4, -0.2) is 30.5 Å². The maximum atomic E-state index is 11.9. The summed E-state index contributed by atoms with van der Waals surface area (Å²) < 4.78 is 10.6. The molecule has 1 aromatic rings. The maximum Gasteiger partial charge on any atom is 0.412 e. The highest BCUT2D eigenvalue weighted by Crippen LogP contribution is 2.33. The Morgan fingerprint density at radius 2 is 1.95 bits per heavy atom. The normalized spacial score (nSPS) is 14.4. The lowest BCUT2D eigenvalue weighted by atomic mass is 9.93. The number of phenols is 1. The minimum Gasteiger partial charge on any atom is -0.508 e. The number of hydrogen-bond acceptors (Lipinski definition) is 5. The molecule has 0 saturated heterocycles. The Labute approximate surface area is 125 Å². The molecule has 0 spiro atoms. The third-order valence-electron chi connectivity index (χ3n) is 3.05. The zero-order valence-corrected chi connectivity index (χ0v) is 13.2. The van der Waals surface area contributed by atoms with E-state index in [0.717, 1.165) is 0 Å². The number of amides is 1. The third-order valence-corrected chi connectivity index (χ3v) is 3.05. The number of nitrogens with two attached hydrogens (primary N) is 1. The van der Waals surface area contributed by atoms with E-state index in [2.05, 4.69) is 5.32 Å². The molecule has 118 valence electrons. The lowest BCUT2D eigenvalue weighted by Crippen LogP contribution is -2.35. The number of aromatic hydroxyl groups is 1. The van der Waals surface area contributed by atoms with Gasteiger partial charge in [0.1, 0.15) is 17.0 Å². The van der Waals surface area contributed by atoms with Crippen molar-refractivity contribution in [1.82, 2.24) is 0 Å². The van der Waals surface area contributed by atoms with Gasteiger partial charge in [-0.15, -0.1) is 0 Å². The molecule has 21 heavy (non-hydrogen) atoms. The zero-order valence-electron chi connectivity index (χ0n) is 13.2. The van der Waals surface area contributed by atoms with Crippen molar-refractivity contribution in [3.8, 4) is 5.75 Å². The van der Waals surface area contributed by atoms with E-state index in [-0.39, 0.29) is 12.3 Å². The predicted octanol–water partition coefficient (Wildman–Crippen LogP) is 2.56. The van der Waals surface area contributed by atoms with Crippen molar-refractivity contribution in [2.45, 2.75) is 38.9 Å². The standard InChI is InChI=1S/C15H24N2O4/c1-14(2,3)21-13(19)17-12-7-6-10(18)8-11(12)15(4,9-16)20-5/h6-8,18H,9,16H2,1-5H3,(H,17,19). The van der Waals surface area contributed by atoms with Gasteiger partial charge in [-0.2, -0.15) is 0 Å². The summed E-state index contributed by atoms with van der Waals surface area (Å²) in [6.45, 7) is 7.31. The number of rotatable bonds is 4. The molecule has 0 fully saturated rings. The SMILES string of the molecule is COC(C)(CN)c1cc(O)ccc1NC(=O)OC(C)(C)C. The molecule has 0 bridgehead atoms. The van der Waals surface area contributed by atoms with Crippen LogP contribution >= 0.6 is 0 Å². The van der Waals surface area contributed by atoms with Crippen LogP contribution in [0.5, 0.6) is 5.75 Å². The molecule has 1 unspecified atom stereocenters. The number of phenolic OH excluding ortho intramolecular Hbond substituents is 1. The first-order chi connectivity index (χ1) is 9.61. The van der Waals surface area contributed by atoms with Gasteiger partial charge in [-0.05, 0) is 45.9 Å². The first kappa shape index (κ1) is 17.3. The van der Waals surface area contributed by atoms with Crippen LogP contribution in [0.4, 0.5) is 10.5 Å². The average molecular weight is 296 g/mol. The van der Waals surface area contributed by atoms with E-state index in [1.165, 1.54) is 19.2 Å². The fourth-order valence-electron chi connectivity index (χ4n) is 1.80. The molecule has 0 aliphatic carbocycles. The van der Waals surface area contributed by atoms with E-state index >= 15 is 0 Å². The summed E-state index contributed by atoms with van der Waals surface area (Å²) in [4.78, 5) is 11.9. The summed E-state index contributed by atoms with van der Waals surface area (Å²) in [5.74, 6) is 0.0662. The van der Waals surface area contributed by atoms with Gasteiger partial charge in [0.15, 0.2) is 0 Å². The monoisotopic (exact) mass is 296 g/mol. The van der Waals surface area contributed by atoms with Crippen molar-refractivity contribution in [2.24, 2.45) is 5.73 Å². The second kappa shape index (κ2) is 6.32. The molecular weight excluding hydrogens is 272 g/mol. The Kier molecular flexibility index (Phi) is 5.20. The topological polar surface area (TPSA) is 93.8 Å². The van der Waals surface area contributed by atoms with Crippen LogP contribution in [0.3, 0.4) is 0 Å². The molecule has 0 saturated carbocycles. The minimum atomic E-state index is -0.830. The summed E-state index contributed by atoms with van der Waals surface area (Å²) in [5, 5.41) is 12.3. The van der Waals surface area contributed by atoms with Crippen molar-refractivity contribution in [1.29, 1.82) is 0 Å². The van der Waals surface area contributed by atoms with Crippen molar-refractivity contribution >= 4 is 11.8 Å². The van der Waals surface area contributed by atoms with E-state index < -0.39 is 17.3 Å². The summed E-state index contributed by atoms with van der Waals surface area (Å²) in [6.07, 6.45) is -0.579. The molecule has 6 heteroatoms. The van der Waals surface area contributed by atoms with Gasteiger partial charge in [-0.1, -0.05) is 0 Å². The highest BCUT2D eigenvalue weighted by molar-refractivity contribution is 5.86. The van der Waals surface area contributed by atoms with E-state index in [0.29, 0.717) is 11.3 Å². The zero-order chi connectivity index (χ0) is 16.3. The van der Waals surface area contributed by atoms with Crippen LogP contribution in [0, 0.1) is 0 Å². The molecule has 0 aliphatic heterocycles.